The van der Waals surface area contributed by atoms with E-state index in [-0.39, 0.29) is 17.9 Å². The molecule has 0 bridgehead atoms. The van der Waals surface area contributed by atoms with Gasteiger partial charge in [-0.05, 0) is 0 Å². The van der Waals surface area contributed by atoms with Gasteiger partial charge in [-0.3, -0.25) is 4.79 Å². The quantitative estimate of drug-likeness (QED) is 0.470. The Kier molecular flexibility index (Phi) is 7.20. The Hall–Kier alpha value is -0.720. The highest BCUT2D eigenvalue weighted by Crippen LogP contribution is 2.13. The van der Waals surface area contributed by atoms with Crippen molar-refractivity contribution in [2.75, 3.05) is 33.5 Å². The molecule has 0 saturated carbocycles. The lowest BCUT2D eigenvalue weighted by molar-refractivity contribution is -0.126. The molecule has 0 aromatic rings. The summed E-state index contributed by atoms with van der Waals surface area (Å²) in [6, 6.07) is 0. The summed E-state index contributed by atoms with van der Waals surface area (Å²) in [5.74, 6) is -0.180. The normalized spacial score (nSPS) is 11.2. The third-order valence-corrected chi connectivity index (χ3v) is 2.61. The van der Waals surface area contributed by atoms with Crippen LogP contribution < -0.4 is 11.1 Å². The van der Waals surface area contributed by atoms with E-state index in [0.717, 1.165) is 0 Å². The minimum atomic E-state index is -0.377. The molecule has 0 atom stereocenters. The van der Waals surface area contributed by atoms with Crippen molar-refractivity contribution in [3.63, 3.8) is 0 Å². The van der Waals surface area contributed by atoms with E-state index >= 15 is 0 Å². The third-order valence-electron chi connectivity index (χ3n) is 2.06. The van der Waals surface area contributed by atoms with Gasteiger partial charge in [0.05, 0.1) is 18.2 Å². The van der Waals surface area contributed by atoms with Crippen molar-refractivity contribution < 1.29 is 14.3 Å². The summed E-state index contributed by atoms with van der Waals surface area (Å²) in [4.78, 5) is 11.7. The van der Waals surface area contributed by atoms with Gasteiger partial charge < -0.3 is 20.5 Å². The summed E-state index contributed by atoms with van der Waals surface area (Å²) in [6.07, 6.45) is 0. The third kappa shape index (κ3) is 6.71. The first-order chi connectivity index (χ1) is 7.40. The van der Waals surface area contributed by atoms with Gasteiger partial charge >= 0.3 is 0 Å². The topological polar surface area (TPSA) is 73.6 Å². The molecule has 3 N–H and O–H groups in total. The molecule has 0 aliphatic rings. The Morgan fingerprint density at radius 2 is 2.06 bits per heavy atom. The zero-order valence-electron chi connectivity index (χ0n) is 10.0. The molecule has 0 unspecified atom stereocenters. The number of thiocarbonyl (C=S) groups is 1. The molecule has 0 spiro atoms. The van der Waals surface area contributed by atoms with E-state index in [9.17, 15) is 4.79 Å². The summed E-state index contributed by atoms with van der Waals surface area (Å²) >= 11 is 4.88. The largest absolute Gasteiger partial charge is 0.393 e. The van der Waals surface area contributed by atoms with E-state index in [1.165, 1.54) is 0 Å². The number of nitrogens with one attached hydrogen (secondary N) is 1. The lowest BCUT2D eigenvalue weighted by Gasteiger charge is -2.23. The van der Waals surface area contributed by atoms with E-state index < -0.39 is 0 Å². The maximum atomic E-state index is 11.3. The van der Waals surface area contributed by atoms with E-state index in [2.05, 4.69) is 5.32 Å². The Labute approximate surface area is 102 Å². The number of amides is 1. The zero-order chi connectivity index (χ0) is 12.6. The Balaban J connectivity index is 3.69. The monoisotopic (exact) mass is 248 g/mol. The van der Waals surface area contributed by atoms with Gasteiger partial charge in [0.1, 0.15) is 6.61 Å². The molecule has 0 rings (SSSR count). The average Bonchev–Trinajstić information content (AvgIpc) is 2.21. The highest BCUT2D eigenvalue weighted by atomic mass is 32.1. The van der Waals surface area contributed by atoms with Crippen LogP contribution in [0, 0.1) is 5.41 Å². The highest BCUT2D eigenvalue weighted by Gasteiger charge is 2.21. The van der Waals surface area contributed by atoms with E-state index in [1.807, 2.05) is 13.8 Å². The summed E-state index contributed by atoms with van der Waals surface area (Å²) in [7, 11) is 1.58. The van der Waals surface area contributed by atoms with Crippen molar-refractivity contribution in [1.29, 1.82) is 0 Å². The molecule has 0 aliphatic heterocycles. The molecule has 0 aromatic heterocycles. The fraction of sp³-hybridized carbons (Fsp3) is 0.800. The van der Waals surface area contributed by atoms with Crippen LogP contribution in [0.1, 0.15) is 13.8 Å². The van der Waals surface area contributed by atoms with Crippen molar-refractivity contribution in [2.24, 2.45) is 11.1 Å². The van der Waals surface area contributed by atoms with Gasteiger partial charge in [-0.25, -0.2) is 0 Å². The van der Waals surface area contributed by atoms with Crippen LogP contribution in [-0.2, 0) is 14.3 Å². The van der Waals surface area contributed by atoms with Gasteiger partial charge in [-0.1, -0.05) is 26.1 Å². The van der Waals surface area contributed by atoms with Crippen LogP contribution in [-0.4, -0.2) is 44.4 Å². The fourth-order valence-corrected chi connectivity index (χ4v) is 0.837. The predicted octanol–water partition coefficient (Wildman–Crippen LogP) is 0.0779. The standard InChI is InChI=1S/C10H20N2O3S/c1-10(2,9(11)16)7-12-8(13)6-15-5-4-14-3/h4-7H2,1-3H3,(H2,11,16)(H,12,13). The second kappa shape index (κ2) is 7.54. The van der Waals surface area contributed by atoms with Gasteiger partial charge in [0, 0.05) is 19.1 Å². The first-order valence-electron chi connectivity index (χ1n) is 5.03. The van der Waals surface area contributed by atoms with Gasteiger partial charge in [0.2, 0.25) is 5.91 Å². The van der Waals surface area contributed by atoms with Crippen LogP contribution in [0.15, 0.2) is 0 Å². The van der Waals surface area contributed by atoms with Crippen molar-refractivity contribution in [3.05, 3.63) is 0 Å². The molecule has 0 heterocycles. The Bertz CT molecular complexity index is 244. The van der Waals surface area contributed by atoms with Crippen LogP contribution in [0.2, 0.25) is 0 Å². The smallest absolute Gasteiger partial charge is 0.246 e. The zero-order valence-corrected chi connectivity index (χ0v) is 10.9. The van der Waals surface area contributed by atoms with Crippen LogP contribution >= 0.6 is 12.2 Å². The van der Waals surface area contributed by atoms with Gasteiger partial charge in [-0.15, -0.1) is 0 Å². The Morgan fingerprint density at radius 1 is 1.44 bits per heavy atom. The molecule has 16 heavy (non-hydrogen) atoms. The van der Waals surface area contributed by atoms with Gasteiger partial charge in [0.15, 0.2) is 0 Å². The summed E-state index contributed by atoms with van der Waals surface area (Å²) in [5, 5.41) is 2.71. The minimum absolute atomic E-state index is 0.0246. The van der Waals surface area contributed by atoms with E-state index in [1.54, 1.807) is 7.11 Å². The number of rotatable bonds is 8. The van der Waals surface area contributed by atoms with Crippen LogP contribution in [0.4, 0.5) is 0 Å². The lowest BCUT2D eigenvalue weighted by Crippen LogP contribution is -2.42. The van der Waals surface area contributed by atoms with Gasteiger partial charge in [0.25, 0.3) is 0 Å². The summed E-state index contributed by atoms with van der Waals surface area (Å²) < 4.78 is 9.84. The average molecular weight is 248 g/mol. The molecule has 0 aliphatic carbocycles. The minimum Gasteiger partial charge on any atom is -0.393 e. The molecule has 0 radical (unpaired) electrons. The first kappa shape index (κ1) is 15.3. The summed E-state index contributed by atoms with van der Waals surface area (Å²) in [6.45, 7) is 5.07. The molecular formula is C10H20N2O3S. The van der Waals surface area contributed by atoms with Crippen molar-refractivity contribution in [1.82, 2.24) is 5.32 Å². The fourth-order valence-electron chi connectivity index (χ4n) is 0.765. The summed E-state index contributed by atoms with van der Waals surface area (Å²) in [5.41, 5.74) is 5.15. The molecule has 0 aromatic carbocycles. The molecule has 0 saturated heterocycles. The van der Waals surface area contributed by atoms with Crippen molar-refractivity contribution >= 4 is 23.1 Å². The molecule has 6 heteroatoms. The Morgan fingerprint density at radius 3 is 2.56 bits per heavy atom. The SMILES string of the molecule is COCCOCC(=O)NCC(C)(C)C(N)=S. The number of ether oxygens (including phenoxy) is 2. The first-order valence-corrected chi connectivity index (χ1v) is 5.44. The molecule has 94 valence electrons. The number of hydrogen-bond donors (Lipinski definition) is 2. The maximum absolute atomic E-state index is 11.3. The van der Waals surface area contributed by atoms with Crippen molar-refractivity contribution in [2.45, 2.75) is 13.8 Å². The number of carbonyl (C=O) groups excluding carboxylic acids is 1. The molecule has 5 nitrogen and oxygen atoms in total. The molecule has 0 fully saturated rings. The number of nitrogens with two attached hydrogens (primary N) is 1. The van der Waals surface area contributed by atoms with Crippen molar-refractivity contribution in [3.8, 4) is 0 Å². The number of hydrogen-bond acceptors (Lipinski definition) is 4. The molecule has 1 amide bonds. The lowest BCUT2D eigenvalue weighted by atomic mass is 9.94. The van der Waals surface area contributed by atoms with Crippen LogP contribution in [0.3, 0.4) is 0 Å². The highest BCUT2D eigenvalue weighted by molar-refractivity contribution is 7.80. The predicted molar refractivity (Wildman–Crippen MR) is 66.3 cm³/mol. The van der Waals surface area contributed by atoms with Gasteiger partial charge in [-0.2, -0.15) is 0 Å². The second-order valence-electron chi connectivity index (χ2n) is 4.07. The van der Waals surface area contributed by atoms with Crippen LogP contribution in [0.5, 0.6) is 0 Å². The number of carbonyl (C=O) groups is 1. The van der Waals surface area contributed by atoms with E-state index in [4.69, 9.17) is 27.4 Å². The van der Waals surface area contributed by atoms with E-state index in [0.29, 0.717) is 24.7 Å². The number of methoxy groups -OCH3 is 1. The van der Waals surface area contributed by atoms with Crippen LogP contribution in [0.25, 0.3) is 0 Å². The second-order valence-corrected chi connectivity index (χ2v) is 4.51. The molecular weight excluding hydrogens is 228 g/mol. The maximum Gasteiger partial charge on any atom is 0.246 e.